The molecule has 1 amide bonds. The molecule has 17 heavy (non-hydrogen) atoms. The van der Waals surface area contributed by atoms with Crippen molar-refractivity contribution in [2.75, 3.05) is 12.4 Å². The third-order valence-corrected chi connectivity index (χ3v) is 3.91. The van der Waals surface area contributed by atoms with E-state index in [2.05, 4.69) is 0 Å². The minimum atomic E-state index is -1.08. The number of carboxylic acid groups (broad SMARTS) is 1. The zero-order chi connectivity index (χ0) is 13.2. The molecular formula is C11H19NO4S. The largest absolute Gasteiger partial charge is 0.465 e. The lowest BCUT2D eigenvalue weighted by Crippen LogP contribution is -2.49. The molecule has 1 aliphatic heterocycles. The van der Waals surface area contributed by atoms with E-state index >= 15 is 0 Å². The van der Waals surface area contributed by atoms with Gasteiger partial charge in [-0.15, -0.1) is 11.8 Å². The number of rotatable bonds is 3. The maximum absolute atomic E-state index is 11.8. The van der Waals surface area contributed by atoms with Crippen molar-refractivity contribution in [2.45, 2.75) is 38.6 Å². The number of esters is 1. The molecule has 0 saturated carbocycles. The number of thioether (sulfide) groups is 1. The quantitative estimate of drug-likeness (QED) is 0.787. The van der Waals surface area contributed by atoms with Gasteiger partial charge in [0.25, 0.3) is 0 Å². The van der Waals surface area contributed by atoms with Gasteiger partial charge >= 0.3 is 12.1 Å². The van der Waals surface area contributed by atoms with E-state index in [1.54, 1.807) is 13.8 Å². The van der Waals surface area contributed by atoms with E-state index in [0.717, 1.165) is 0 Å². The Morgan fingerprint density at radius 1 is 1.53 bits per heavy atom. The summed E-state index contributed by atoms with van der Waals surface area (Å²) in [6.45, 7) is 7.79. The fraction of sp³-hybridized carbons (Fsp3) is 0.818. The second kappa shape index (κ2) is 5.16. The van der Waals surface area contributed by atoms with Crippen LogP contribution in [0, 0.1) is 5.92 Å². The van der Waals surface area contributed by atoms with E-state index in [1.807, 2.05) is 13.8 Å². The summed E-state index contributed by atoms with van der Waals surface area (Å²) in [6.07, 6.45) is -1.08. The summed E-state index contributed by atoms with van der Waals surface area (Å²) in [7, 11) is 0. The normalized spacial score (nSPS) is 22.9. The second-order valence-corrected chi connectivity index (χ2v) is 6.57. The highest BCUT2D eigenvalue weighted by Gasteiger charge is 2.47. The Hall–Kier alpha value is -0.910. The van der Waals surface area contributed by atoms with E-state index in [1.165, 1.54) is 16.7 Å². The monoisotopic (exact) mass is 261 g/mol. The Labute approximate surface area is 105 Å². The van der Waals surface area contributed by atoms with Crippen molar-refractivity contribution in [1.29, 1.82) is 0 Å². The molecule has 0 aromatic carbocycles. The molecule has 0 aromatic rings. The van der Waals surface area contributed by atoms with Gasteiger partial charge in [0.2, 0.25) is 0 Å². The summed E-state index contributed by atoms with van der Waals surface area (Å²) in [4.78, 5) is 23.6. The predicted molar refractivity (Wildman–Crippen MR) is 66.0 cm³/mol. The topological polar surface area (TPSA) is 66.8 Å². The first-order valence-electron chi connectivity index (χ1n) is 5.58. The molecule has 1 rings (SSSR count). The Morgan fingerprint density at radius 2 is 2.12 bits per heavy atom. The lowest BCUT2D eigenvalue weighted by Gasteiger charge is -2.30. The van der Waals surface area contributed by atoms with Crippen molar-refractivity contribution in [3.8, 4) is 0 Å². The van der Waals surface area contributed by atoms with Crippen molar-refractivity contribution >= 4 is 23.8 Å². The second-order valence-electron chi connectivity index (χ2n) is 4.95. The maximum atomic E-state index is 11.8. The SMILES string of the molecule is CC(C)COC(=O)C1CSC(C)(C)N1C(=O)O. The van der Waals surface area contributed by atoms with Crippen LogP contribution in [0.2, 0.25) is 0 Å². The summed E-state index contributed by atoms with van der Waals surface area (Å²) >= 11 is 1.45. The molecule has 0 radical (unpaired) electrons. The molecule has 1 aliphatic rings. The Balaban J connectivity index is 2.70. The van der Waals surface area contributed by atoms with Gasteiger partial charge in [-0.25, -0.2) is 9.59 Å². The predicted octanol–water partition coefficient (Wildman–Crippen LogP) is 2.02. The molecule has 1 heterocycles. The standard InChI is InChI=1S/C11H19NO4S/c1-7(2)5-16-9(13)8-6-17-11(3,4)12(8)10(14)15/h7-8H,5-6H2,1-4H3,(H,14,15). The van der Waals surface area contributed by atoms with Gasteiger partial charge < -0.3 is 9.84 Å². The highest BCUT2D eigenvalue weighted by atomic mass is 32.2. The minimum Gasteiger partial charge on any atom is -0.465 e. The van der Waals surface area contributed by atoms with Crippen molar-refractivity contribution in [2.24, 2.45) is 5.92 Å². The van der Waals surface area contributed by atoms with Crippen molar-refractivity contribution in [3.63, 3.8) is 0 Å². The highest BCUT2D eigenvalue weighted by molar-refractivity contribution is 8.00. The molecule has 0 aliphatic carbocycles. The number of hydrogen-bond donors (Lipinski definition) is 1. The molecular weight excluding hydrogens is 242 g/mol. The van der Waals surface area contributed by atoms with Gasteiger partial charge in [-0.05, 0) is 19.8 Å². The lowest BCUT2D eigenvalue weighted by molar-refractivity contribution is -0.150. The van der Waals surface area contributed by atoms with Crippen LogP contribution in [-0.2, 0) is 9.53 Å². The van der Waals surface area contributed by atoms with E-state index in [-0.39, 0.29) is 5.92 Å². The highest BCUT2D eigenvalue weighted by Crippen LogP contribution is 2.39. The van der Waals surface area contributed by atoms with Crippen LogP contribution in [0.1, 0.15) is 27.7 Å². The molecule has 1 unspecified atom stereocenters. The average Bonchev–Trinajstić information content (AvgIpc) is 2.50. The first-order chi connectivity index (χ1) is 7.75. The van der Waals surface area contributed by atoms with Crippen LogP contribution < -0.4 is 0 Å². The third kappa shape index (κ3) is 3.28. The van der Waals surface area contributed by atoms with Gasteiger partial charge in [0.15, 0.2) is 0 Å². The van der Waals surface area contributed by atoms with Crippen LogP contribution in [0.15, 0.2) is 0 Å². The number of amides is 1. The van der Waals surface area contributed by atoms with Gasteiger partial charge in [0.1, 0.15) is 6.04 Å². The van der Waals surface area contributed by atoms with Gasteiger partial charge in [0, 0.05) is 5.75 Å². The molecule has 98 valence electrons. The summed E-state index contributed by atoms with van der Waals surface area (Å²) in [6, 6.07) is -0.689. The van der Waals surface area contributed by atoms with Gasteiger partial charge in [0.05, 0.1) is 11.5 Å². The average molecular weight is 261 g/mol. The van der Waals surface area contributed by atoms with Crippen LogP contribution in [0.5, 0.6) is 0 Å². The smallest absolute Gasteiger partial charge is 0.409 e. The van der Waals surface area contributed by atoms with E-state index in [4.69, 9.17) is 9.84 Å². The first kappa shape index (κ1) is 14.2. The zero-order valence-corrected chi connectivity index (χ0v) is 11.4. The van der Waals surface area contributed by atoms with E-state index in [9.17, 15) is 9.59 Å². The lowest BCUT2D eigenvalue weighted by atomic mass is 10.2. The van der Waals surface area contributed by atoms with Gasteiger partial charge in [-0.1, -0.05) is 13.8 Å². The summed E-state index contributed by atoms with van der Waals surface area (Å²) in [5, 5.41) is 9.15. The molecule has 5 nitrogen and oxygen atoms in total. The molecule has 0 spiro atoms. The van der Waals surface area contributed by atoms with E-state index < -0.39 is 23.0 Å². The molecule has 1 N–H and O–H groups in total. The first-order valence-corrected chi connectivity index (χ1v) is 6.57. The molecule has 1 fully saturated rings. The van der Waals surface area contributed by atoms with Crippen molar-refractivity contribution in [3.05, 3.63) is 0 Å². The Bertz CT molecular complexity index is 317. The summed E-state index contributed by atoms with van der Waals surface area (Å²) < 4.78 is 5.10. The third-order valence-electron chi connectivity index (χ3n) is 2.52. The zero-order valence-electron chi connectivity index (χ0n) is 10.6. The number of nitrogens with zero attached hydrogens (tertiary/aromatic N) is 1. The Morgan fingerprint density at radius 3 is 2.59 bits per heavy atom. The van der Waals surface area contributed by atoms with Crippen LogP contribution in [0.25, 0.3) is 0 Å². The van der Waals surface area contributed by atoms with Gasteiger partial charge in [-0.2, -0.15) is 0 Å². The minimum absolute atomic E-state index is 0.249. The number of ether oxygens (including phenoxy) is 1. The molecule has 0 aromatic heterocycles. The molecule has 1 atom stereocenters. The molecule has 6 heteroatoms. The molecule has 1 saturated heterocycles. The van der Waals surface area contributed by atoms with Gasteiger partial charge in [-0.3, -0.25) is 4.90 Å². The van der Waals surface area contributed by atoms with Crippen LogP contribution >= 0.6 is 11.8 Å². The summed E-state index contributed by atoms with van der Waals surface area (Å²) in [5.41, 5.74) is 0. The fourth-order valence-corrected chi connectivity index (χ4v) is 2.88. The van der Waals surface area contributed by atoms with Crippen LogP contribution in [0.4, 0.5) is 4.79 Å². The number of carbonyl (C=O) groups excluding carboxylic acids is 1. The van der Waals surface area contributed by atoms with E-state index in [0.29, 0.717) is 12.4 Å². The fourth-order valence-electron chi connectivity index (χ4n) is 1.68. The molecule has 0 bridgehead atoms. The van der Waals surface area contributed by atoms with Crippen LogP contribution in [-0.4, -0.2) is 45.3 Å². The number of hydrogen-bond acceptors (Lipinski definition) is 4. The van der Waals surface area contributed by atoms with Crippen molar-refractivity contribution < 1.29 is 19.4 Å². The number of carbonyl (C=O) groups is 2. The maximum Gasteiger partial charge on any atom is 0.409 e. The Kier molecular flexibility index (Phi) is 4.30. The van der Waals surface area contributed by atoms with Crippen molar-refractivity contribution in [1.82, 2.24) is 4.90 Å². The van der Waals surface area contributed by atoms with Crippen LogP contribution in [0.3, 0.4) is 0 Å². The summed E-state index contributed by atoms with van der Waals surface area (Å²) in [5.74, 6) is 0.259.